The molecule has 1 aliphatic carbocycles. The van der Waals surface area contributed by atoms with Crippen LogP contribution in [0, 0.1) is 0 Å². The molecule has 0 aliphatic heterocycles. The van der Waals surface area contributed by atoms with Gasteiger partial charge in [0.25, 0.3) is 0 Å². The van der Waals surface area contributed by atoms with Crippen molar-refractivity contribution in [1.29, 1.82) is 0 Å². The van der Waals surface area contributed by atoms with Crippen LogP contribution in [-0.4, -0.2) is 21.9 Å². The van der Waals surface area contributed by atoms with Gasteiger partial charge in [-0.15, -0.1) is 0 Å². The predicted molar refractivity (Wildman–Crippen MR) is 69.2 cm³/mol. The molecule has 5 nitrogen and oxygen atoms in total. The molecule has 18 heavy (non-hydrogen) atoms. The van der Waals surface area contributed by atoms with E-state index < -0.39 is 0 Å². The van der Waals surface area contributed by atoms with Gasteiger partial charge in [0, 0.05) is 12.7 Å². The minimum atomic E-state index is -0.383. The fourth-order valence-electron chi connectivity index (χ4n) is 2.32. The number of carbonyl (C=O) groups is 1. The monoisotopic (exact) mass is 251 g/mol. The van der Waals surface area contributed by atoms with Gasteiger partial charge in [-0.3, -0.25) is 4.68 Å². The minimum Gasteiger partial charge on any atom is -0.458 e. The fourth-order valence-corrected chi connectivity index (χ4v) is 2.32. The smallest absolute Gasteiger partial charge is 0.361 e. The van der Waals surface area contributed by atoms with Crippen molar-refractivity contribution in [1.82, 2.24) is 9.78 Å². The molecule has 100 valence electrons. The lowest BCUT2D eigenvalue weighted by Gasteiger charge is -2.14. The molecule has 0 aromatic carbocycles. The first kappa shape index (κ1) is 12.9. The van der Waals surface area contributed by atoms with E-state index in [1.54, 1.807) is 10.9 Å². The van der Waals surface area contributed by atoms with Gasteiger partial charge in [-0.05, 0) is 32.6 Å². The topological polar surface area (TPSA) is 70.1 Å². The zero-order valence-electron chi connectivity index (χ0n) is 10.9. The number of anilines is 1. The lowest BCUT2D eigenvalue weighted by molar-refractivity contribution is 0.0260. The second-order valence-electron chi connectivity index (χ2n) is 4.81. The van der Waals surface area contributed by atoms with Crippen LogP contribution in [0.5, 0.6) is 0 Å². The number of ether oxygens (including phenoxy) is 1. The number of nitrogens with two attached hydrogens (primary N) is 1. The number of aryl methyl sites for hydroxylation is 1. The first-order valence-corrected chi connectivity index (χ1v) is 6.74. The Morgan fingerprint density at radius 1 is 1.44 bits per heavy atom. The van der Waals surface area contributed by atoms with Crippen LogP contribution in [0.25, 0.3) is 0 Å². The molecule has 1 aromatic rings. The largest absolute Gasteiger partial charge is 0.458 e. The van der Waals surface area contributed by atoms with E-state index in [1.165, 1.54) is 12.8 Å². The maximum absolute atomic E-state index is 12.0. The summed E-state index contributed by atoms with van der Waals surface area (Å²) >= 11 is 0. The molecule has 0 unspecified atom stereocenters. The Morgan fingerprint density at radius 3 is 2.67 bits per heavy atom. The van der Waals surface area contributed by atoms with Crippen LogP contribution in [-0.2, 0) is 11.3 Å². The van der Waals surface area contributed by atoms with E-state index >= 15 is 0 Å². The van der Waals surface area contributed by atoms with Crippen molar-refractivity contribution in [2.45, 2.75) is 58.1 Å². The third-order valence-electron chi connectivity index (χ3n) is 3.38. The molecule has 1 saturated carbocycles. The van der Waals surface area contributed by atoms with Crippen molar-refractivity contribution in [3.63, 3.8) is 0 Å². The van der Waals surface area contributed by atoms with Gasteiger partial charge in [0.15, 0.2) is 5.69 Å². The Hall–Kier alpha value is -1.52. The predicted octanol–water partition coefficient (Wildman–Crippen LogP) is 2.36. The molecule has 1 aliphatic rings. The van der Waals surface area contributed by atoms with E-state index in [1.807, 2.05) is 6.92 Å². The second kappa shape index (κ2) is 5.89. The summed E-state index contributed by atoms with van der Waals surface area (Å²) in [5.41, 5.74) is 6.42. The third kappa shape index (κ3) is 3.03. The Labute approximate surface area is 107 Å². The number of carbonyl (C=O) groups excluding carboxylic acids is 1. The Balaban J connectivity index is 1.99. The highest BCUT2D eigenvalue weighted by molar-refractivity contribution is 5.92. The van der Waals surface area contributed by atoms with Crippen LogP contribution in [0.2, 0.25) is 0 Å². The molecule has 1 aromatic heterocycles. The maximum Gasteiger partial charge on any atom is 0.361 e. The van der Waals surface area contributed by atoms with Crippen molar-refractivity contribution in [3.05, 3.63) is 11.9 Å². The molecule has 2 N–H and O–H groups in total. The Morgan fingerprint density at radius 2 is 2.11 bits per heavy atom. The van der Waals surface area contributed by atoms with Crippen molar-refractivity contribution in [2.75, 3.05) is 5.73 Å². The quantitative estimate of drug-likeness (QED) is 0.661. The highest BCUT2D eigenvalue weighted by atomic mass is 16.5. The van der Waals surface area contributed by atoms with Crippen LogP contribution in [0.15, 0.2) is 6.20 Å². The highest BCUT2D eigenvalue weighted by Crippen LogP contribution is 2.21. The van der Waals surface area contributed by atoms with E-state index in [0.717, 1.165) is 25.7 Å². The number of nitrogens with zero attached hydrogens (tertiary/aromatic N) is 2. The molecular weight excluding hydrogens is 230 g/mol. The van der Waals surface area contributed by atoms with Crippen molar-refractivity contribution < 1.29 is 9.53 Å². The lowest BCUT2D eigenvalue weighted by atomic mass is 10.1. The zero-order valence-corrected chi connectivity index (χ0v) is 10.9. The summed E-state index contributed by atoms with van der Waals surface area (Å²) in [6.45, 7) is 2.65. The number of hydrogen-bond acceptors (Lipinski definition) is 4. The minimum absolute atomic E-state index is 0.0335. The second-order valence-corrected chi connectivity index (χ2v) is 4.81. The van der Waals surface area contributed by atoms with Gasteiger partial charge in [-0.1, -0.05) is 12.8 Å². The van der Waals surface area contributed by atoms with Gasteiger partial charge in [-0.2, -0.15) is 5.10 Å². The molecule has 0 amide bonds. The number of aromatic nitrogens is 2. The Kier molecular flexibility index (Phi) is 4.23. The zero-order chi connectivity index (χ0) is 13.0. The number of nitrogen functional groups attached to an aromatic ring is 1. The van der Waals surface area contributed by atoms with Crippen molar-refractivity contribution >= 4 is 11.7 Å². The molecular formula is C13H21N3O2. The van der Waals surface area contributed by atoms with Crippen molar-refractivity contribution in [2.24, 2.45) is 0 Å². The van der Waals surface area contributed by atoms with Gasteiger partial charge >= 0.3 is 5.97 Å². The average Bonchev–Trinajstić information content (AvgIpc) is 2.57. The van der Waals surface area contributed by atoms with Gasteiger partial charge in [-0.25, -0.2) is 4.79 Å². The first-order valence-electron chi connectivity index (χ1n) is 6.74. The van der Waals surface area contributed by atoms with Gasteiger partial charge < -0.3 is 10.5 Å². The molecule has 0 bridgehead atoms. The molecule has 1 fully saturated rings. The highest BCUT2D eigenvalue weighted by Gasteiger charge is 2.21. The number of esters is 1. The summed E-state index contributed by atoms with van der Waals surface area (Å²) in [7, 11) is 0. The average molecular weight is 251 g/mol. The summed E-state index contributed by atoms with van der Waals surface area (Å²) in [4.78, 5) is 12.0. The Bertz CT molecular complexity index is 406. The van der Waals surface area contributed by atoms with Crippen LogP contribution in [0.4, 0.5) is 5.69 Å². The number of rotatable bonds is 3. The lowest BCUT2D eigenvalue weighted by Crippen LogP contribution is -2.19. The first-order chi connectivity index (χ1) is 8.70. The van der Waals surface area contributed by atoms with Gasteiger partial charge in [0.05, 0.1) is 5.69 Å². The summed E-state index contributed by atoms with van der Waals surface area (Å²) in [6.07, 6.45) is 8.37. The van der Waals surface area contributed by atoms with E-state index in [2.05, 4.69) is 5.10 Å². The summed E-state index contributed by atoms with van der Waals surface area (Å²) in [6, 6.07) is 0. The van der Waals surface area contributed by atoms with Gasteiger partial charge in [0.1, 0.15) is 6.10 Å². The molecule has 5 heteroatoms. The maximum atomic E-state index is 12.0. The third-order valence-corrected chi connectivity index (χ3v) is 3.38. The molecule has 0 radical (unpaired) electrons. The van der Waals surface area contributed by atoms with Gasteiger partial charge in [0.2, 0.25) is 0 Å². The molecule has 1 heterocycles. The summed E-state index contributed by atoms with van der Waals surface area (Å²) in [5, 5.41) is 4.13. The van der Waals surface area contributed by atoms with Crippen LogP contribution in [0.1, 0.15) is 55.9 Å². The van der Waals surface area contributed by atoms with Crippen LogP contribution in [0.3, 0.4) is 0 Å². The van der Waals surface area contributed by atoms with Crippen molar-refractivity contribution in [3.8, 4) is 0 Å². The van der Waals surface area contributed by atoms with E-state index in [-0.39, 0.29) is 17.8 Å². The molecule has 2 rings (SSSR count). The summed E-state index contributed by atoms with van der Waals surface area (Å²) in [5.74, 6) is -0.383. The fraction of sp³-hybridized carbons (Fsp3) is 0.692. The van der Waals surface area contributed by atoms with E-state index in [9.17, 15) is 4.79 Å². The normalized spacial score (nSPS) is 17.4. The molecule has 0 atom stereocenters. The van der Waals surface area contributed by atoms with Crippen LogP contribution < -0.4 is 5.73 Å². The van der Waals surface area contributed by atoms with E-state index in [4.69, 9.17) is 10.5 Å². The molecule has 0 spiro atoms. The van der Waals surface area contributed by atoms with E-state index in [0.29, 0.717) is 12.2 Å². The SMILES string of the molecule is CCn1cc(N)c(C(=O)OC2CCCCCC2)n1. The summed E-state index contributed by atoms with van der Waals surface area (Å²) < 4.78 is 7.15. The molecule has 0 saturated heterocycles. The number of hydrogen-bond donors (Lipinski definition) is 1. The van der Waals surface area contributed by atoms with Crippen LogP contribution >= 0.6 is 0 Å². The standard InChI is InChI=1S/C13H21N3O2/c1-2-16-9-11(14)12(15-16)13(17)18-10-7-5-3-4-6-8-10/h9-10H,2-8,14H2,1H3.